The third-order valence-electron chi connectivity index (χ3n) is 3.31. The zero-order chi connectivity index (χ0) is 21.3. The SMILES string of the molecule is FOB(OF)Oc1ccc(-c2cc(C(F)(F)F)cc(C(F)(F)F)c2)c(F)c1F. The Kier molecular flexibility index (Phi) is 6.13. The van der Waals surface area contributed by atoms with Crippen LogP contribution in [0.25, 0.3) is 11.1 Å². The molecule has 2 rings (SSSR count). The first-order valence-electron chi connectivity index (χ1n) is 6.87. The first-order chi connectivity index (χ1) is 12.9. The van der Waals surface area contributed by atoms with Crippen LogP contribution in [-0.4, -0.2) is 7.32 Å². The van der Waals surface area contributed by atoms with E-state index < -0.39 is 59.3 Å². The number of benzene rings is 2. The summed E-state index contributed by atoms with van der Waals surface area (Å²) in [5.41, 5.74) is -5.46. The van der Waals surface area contributed by atoms with Crippen molar-refractivity contribution in [1.82, 2.24) is 0 Å². The number of hydrogen-bond donors (Lipinski definition) is 0. The highest BCUT2D eigenvalue weighted by Gasteiger charge is 2.37. The Hall–Kier alpha value is -2.48. The van der Waals surface area contributed by atoms with Gasteiger partial charge in [-0.2, -0.15) is 40.5 Å². The fraction of sp³-hybridized carbons (Fsp3) is 0.143. The Balaban J connectivity index is 2.60. The van der Waals surface area contributed by atoms with Gasteiger partial charge in [0.05, 0.1) is 11.1 Å². The molecule has 2 aromatic carbocycles. The van der Waals surface area contributed by atoms with Gasteiger partial charge in [0.25, 0.3) is 0 Å². The van der Waals surface area contributed by atoms with Gasteiger partial charge < -0.3 is 4.65 Å². The van der Waals surface area contributed by atoms with Crippen molar-refractivity contribution in [3.05, 3.63) is 53.1 Å². The molecule has 0 bridgehead atoms. The fourth-order valence-electron chi connectivity index (χ4n) is 2.11. The van der Waals surface area contributed by atoms with Crippen LogP contribution in [0.1, 0.15) is 11.1 Å². The Labute approximate surface area is 149 Å². The molecule has 2 aromatic rings. The second-order valence-electron chi connectivity index (χ2n) is 5.12. The fourth-order valence-corrected chi connectivity index (χ4v) is 2.11. The molecular formula is C14H5BF10O3. The van der Waals surface area contributed by atoms with Crippen LogP contribution in [0.5, 0.6) is 5.75 Å². The normalized spacial score (nSPS) is 12.2. The van der Waals surface area contributed by atoms with Crippen molar-refractivity contribution in [2.75, 3.05) is 0 Å². The molecule has 0 heterocycles. The Morgan fingerprint density at radius 3 is 1.64 bits per heavy atom. The summed E-state index contributed by atoms with van der Waals surface area (Å²) in [6, 6.07) is 1.18. The lowest BCUT2D eigenvalue weighted by Gasteiger charge is -2.15. The van der Waals surface area contributed by atoms with E-state index in [1.165, 1.54) is 0 Å². The summed E-state index contributed by atoms with van der Waals surface area (Å²) in [5.74, 6) is -5.10. The molecule has 0 amide bonds. The third kappa shape index (κ3) is 4.68. The average Bonchev–Trinajstić information content (AvgIpc) is 2.61. The summed E-state index contributed by atoms with van der Waals surface area (Å²) >= 11 is 0. The van der Waals surface area contributed by atoms with E-state index in [0.29, 0.717) is 12.1 Å². The van der Waals surface area contributed by atoms with Gasteiger partial charge in [-0.05, 0) is 35.9 Å². The summed E-state index contributed by atoms with van der Waals surface area (Å²) in [6.07, 6.45) is -10.4. The van der Waals surface area contributed by atoms with Crippen LogP contribution in [-0.2, 0) is 22.1 Å². The van der Waals surface area contributed by atoms with Gasteiger partial charge >= 0.3 is 19.7 Å². The summed E-state index contributed by atoms with van der Waals surface area (Å²) in [7, 11) is -2.75. The highest BCUT2D eigenvalue weighted by atomic mass is 19.4. The van der Waals surface area contributed by atoms with Gasteiger partial charge in [0.15, 0.2) is 11.6 Å². The molecule has 152 valence electrons. The molecule has 0 fully saturated rings. The van der Waals surface area contributed by atoms with Crippen LogP contribution in [0, 0.1) is 11.6 Å². The zero-order valence-corrected chi connectivity index (χ0v) is 13.0. The molecule has 0 N–H and O–H groups in total. The van der Waals surface area contributed by atoms with E-state index in [1.807, 2.05) is 0 Å². The minimum Gasteiger partial charge on any atom is -0.506 e. The number of alkyl halides is 6. The van der Waals surface area contributed by atoms with Crippen LogP contribution in [0.3, 0.4) is 0 Å². The molecule has 0 saturated heterocycles. The summed E-state index contributed by atoms with van der Waals surface area (Å²) < 4.78 is 133. The van der Waals surface area contributed by atoms with E-state index in [2.05, 4.69) is 14.4 Å². The largest absolute Gasteiger partial charge is 0.778 e. The van der Waals surface area contributed by atoms with E-state index in [1.54, 1.807) is 0 Å². The first-order valence-corrected chi connectivity index (χ1v) is 6.87. The van der Waals surface area contributed by atoms with Gasteiger partial charge in [0.2, 0.25) is 0 Å². The van der Waals surface area contributed by atoms with Crippen molar-refractivity contribution in [2.45, 2.75) is 12.4 Å². The van der Waals surface area contributed by atoms with Crippen LogP contribution < -0.4 is 4.65 Å². The second kappa shape index (κ2) is 7.87. The molecule has 0 aromatic heterocycles. The van der Waals surface area contributed by atoms with Crippen molar-refractivity contribution < 1.29 is 58.5 Å². The maximum atomic E-state index is 14.2. The lowest BCUT2D eigenvalue weighted by Crippen LogP contribution is -2.25. The summed E-state index contributed by atoms with van der Waals surface area (Å²) in [5, 5.41) is 0. The molecule has 0 atom stereocenters. The van der Waals surface area contributed by atoms with E-state index in [4.69, 9.17) is 0 Å². The van der Waals surface area contributed by atoms with E-state index in [0.717, 1.165) is 0 Å². The molecule has 28 heavy (non-hydrogen) atoms. The third-order valence-corrected chi connectivity index (χ3v) is 3.31. The number of rotatable bonds is 5. The predicted octanol–water partition coefficient (Wildman–Crippen LogP) is 5.84. The highest BCUT2D eigenvalue weighted by molar-refractivity contribution is 6.36. The number of hydrogen-bond acceptors (Lipinski definition) is 3. The van der Waals surface area contributed by atoms with Crippen molar-refractivity contribution >= 4 is 7.32 Å². The molecule has 3 nitrogen and oxygen atoms in total. The molecule has 0 aliphatic carbocycles. The van der Waals surface area contributed by atoms with Crippen LogP contribution in [0.4, 0.5) is 44.2 Å². The standard InChI is InChI=1S/C14H5BF10O3/c16-11-9(1-2-10(12(11)17)26-15(27-24)28-25)6-3-7(13(18,19)20)5-8(4-6)14(21,22)23/h1-5H. The van der Waals surface area contributed by atoms with E-state index in [9.17, 15) is 44.2 Å². The molecule has 14 heteroatoms. The quantitative estimate of drug-likeness (QED) is 0.448. The molecule has 0 radical (unpaired) electrons. The van der Waals surface area contributed by atoms with Gasteiger partial charge in [-0.3, -0.25) is 0 Å². The van der Waals surface area contributed by atoms with Gasteiger partial charge in [0, 0.05) is 5.56 Å². The molecule has 0 aliphatic rings. The Morgan fingerprint density at radius 2 is 1.21 bits per heavy atom. The molecule has 0 saturated carbocycles. The summed E-state index contributed by atoms with van der Waals surface area (Å²) in [4.78, 5) is 5.52. The monoisotopic (exact) mass is 422 g/mol. The lowest BCUT2D eigenvalue weighted by molar-refractivity contribution is -0.143. The minimum atomic E-state index is -5.21. The topological polar surface area (TPSA) is 27.7 Å². The van der Waals surface area contributed by atoms with Gasteiger partial charge in [-0.15, -0.1) is 0 Å². The molecular weight excluding hydrogens is 417 g/mol. The first kappa shape index (κ1) is 21.8. The Bertz CT molecular complexity index is 816. The van der Waals surface area contributed by atoms with Crippen molar-refractivity contribution in [3.63, 3.8) is 0 Å². The maximum Gasteiger partial charge on any atom is 0.778 e. The minimum absolute atomic E-state index is 0.172. The predicted molar refractivity (Wildman–Crippen MR) is 72.6 cm³/mol. The second-order valence-corrected chi connectivity index (χ2v) is 5.12. The average molecular weight is 422 g/mol. The summed E-state index contributed by atoms with van der Waals surface area (Å²) in [6.45, 7) is 0. The molecule has 0 unspecified atom stereocenters. The highest BCUT2D eigenvalue weighted by Crippen LogP contribution is 2.40. The molecule has 0 spiro atoms. The van der Waals surface area contributed by atoms with Crippen molar-refractivity contribution in [3.8, 4) is 16.9 Å². The van der Waals surface area contributed by atoms with Gasteiger partial charge in [-0.1, -0.05) is 9.05 Å². The van der Waals surface area contributed by atoms with E-state index >= 15 is 0 Å². The zero-order valence-electron chi connectivity index (χ0n) is 13.0. The smallest absolute Gasteiger partial charge is 0.506 e. The Morgan fingerprint density at radius 1 is 0.714 bits per heavy atom. The molecule has 0 aliphatic heterocycles. The van der Waals surface area contributed by atoms with Crippen LogP contribution in [0.2, 0.25) is 0 Å². The number of halogens is 10. The van der Waals surface area contributed by atoms with Gasteiger partial charge in [0.1, 0.15) is 5.75 Å². The van der Waals surface area contributed by atoms with E-state index in [-0.39, 0.29) is 18.2 Å². The lowest BCUT2D eigenvalue weighted by atomic mass is 9.98. The van der Waals surface area contributed by atoms with Gasteiger partial charge in [-0.25, -0.2) is 4.39 Å². The van der Waals surface area contributed by atoms with Crippen molar-refractivity contribution in [2.24, 2.45) is 0 Å². The van der Waals surface area contributed by atoms with Crippen molar-refractivity contribution in [1.29, 1.82) is 0 Å². The van der Waals surface area contributed by atoms with Crippen LogP contribution in [0.15, 0.2) is 30.3 Å². The maximum absolute atomic E-state index is 14.2. The van der Waals surface area contributed by atoms with Crippen LogP contribution >= 0.6 is 0 Å².